The molecule has 0 saturated heterocycles. The van der Waals surface area contributed by atoms with Gasteiger partial charge in [0.25, 0.3) is 0 Å². The van der Waals surface area contributed by atoms with Crippen LogP contribution in [0.3, 0.4) is 0 Å². The SMILES string of the molecule is CCCC(C)CNc1ccccc1N. The number of hydrogen-bond donors (Lipinski definition) is 2. The van der Waals surface area contributed by atoms with Crippen molar-refractivity contribution in [3.8, 4) is 0 Å². The van der Waals surface area contributed by atoms with Crippen molar-refractivity contribution in [2.75, 3.05) is 17.6 Å². The molecule has 1 aromatic rings. The van der Waals surface area contributed by atoms with E-state index in [9.17, 15) is 0 Å². The largest absolute Gasteiger partial charge is 0.397 e. The maximum atomic E-state index is 5.82. The summed E-state index contributed by atoms with van der Waals surface area (Å²) >= 11 is 0. The molecule has 2 nitrogen and oxygen atoms in total. The molecule has 0 radical (unpaired) electrons. The van der Waals surface area contributed by atoms with Crippen LogP contribution in [0.2, 0.25) is 0 Å². The molecular weight excluding hydrogens is 172 g/mol. The van der Waals surface area contributed by atoms with Crippen LogP contribution in [0.4, 0.5) is 11.4 Å². The molecule has 1 aromatic carbocycles. The molecule has 0 aliphatic carbocycles. The third-order valence-electron chi connectivity index (χ3n) is 2.38. The Labute approximate surface area is 86.5 Å². The number of anilines is 2. The van der Waals surface area contributed by atoms with Crippen LogP contribution in [0.25, 0.3) is 0 Å². The van der Waals surface area contributed by atoms with Crippen molar-refractivity contribution in [3.05, 3.63) is 24.3 Å². The van der Waals surface area contributed by atoms with Gasteiger partial charge in [0.05, 0.1) is 11.4 Å². The Hall–Kier alpha value is -1.18. The topological polar surface area (TPSA) is 38.0 Å². The van der Waals surface area contributed by atoms with Crippen LogP contribution in [0.15, 0.2) is 24.3 Å². The normalized spacial score (nSPS) is 12.4. The van der Waals surface area contributed by atoms with Crippen molar-refractivity contribution in [1.82, 2.24) is 0 Å². The molecule has 78 valence electrons. The van der Waals surface area contributed by atoms with Gasteiger partial charge in [0.15, 0.2) is 0 Å². The zero-order chi connectivity index (χ0) is 10.4. The summed E-state index contributed by atoms with van der Waals surface area (Å²) in [5.74, 6) is 0.708. The second kappa shape index (κ2) is 5.53. The predicted octanol–water partition coefficient (Wildman–Crippen LogP) is 3.12. The van der Waals surface area contributed by atoms with E-state index in [0.717, 1.165) is 17.9 Å². The van der Waals surface area contributed by atoms with E-state index in [1.165, 1.54) is 12.8 Å². The number of para-hydroxylation sites is 2. The Bertz CT molecular complexity index is 271. The first kappa shape index (κ1) is 10.9. The van der Waals surface area contributed by atoms with Gasteiger partial charge in [-0.25, -0.2) is 0 Å². The van der Waals surface area contributed by atoms with E-state index in [-0.39, 0.29) is 0 Å². The summed E-state index contributed by atoms with van der Waals surface area (Å²) in [5, 5.41) is 3.37. The summed E-state index contributed by atoms with van der Waals surface area (Å²) < 4.78 is 0. The van der Waals surface area contributed by atoms with Gasteiger partial charge >= 0.3 is 0 Å². The number of nitrogens with two attached hydrogens (primary N) is 1. The summed E-state index contributed by atoms with van der Waals surface area (Å²) in [6.45, 7) is 5.48. The van der Waals surface area contributed by atoms with Gasteiger partial charge in [-0.05, 0) is 24.5 Å². The molecule has 0 fully saturated rings. The average molecular weight is 192 g/mol. The minimum absolute atomic E-state index is 0.708. The van der Waals surface area contributed by atoms with Gasteiger partial charge in [0.1, 0.15) is 0 Å². The standard InChI is InChI=1S/C12H20N2/c1-3-6-10(2)9-14-12-8-5-4-7-11(12)13/h4-5,7-8,10,14H,3,6,9,13H2,1-2H3. The molecule has 0 bridgehead atoms. The molecule has 0 aromatic heterocycles. The van der Waals surface area contributed by atoms with Crippen molar-refractivity contribution >= 4 is 11.4 Å². The lowest BCUT2D eigenvalue weighted by Gasteiger charge is -2.13. The highest BCUT2D eigenvalue weighted by molar-refractivity contribution is 5.65. The Kier molecular flexibility index (Phi) is 4.30. The Morgan fingerprint density at radius 3 is 2.71 bits per heavy atom. The van der Waals surface area contributed by atoms with Gasteiger partial charge in [0, 0.05) is 6.54 Å². The fourth-order valence-corrected chi connectivity index (χ4v) is 1.54. The van der Waals surface area contributed by atoms with E-state index in [1.54, 1.807) is 0 Å². The van der Waals surface area contributed by atoms with Gasteiger partial charge in [-0.1, -0.05) is 32.4 Å². The van der Waals surface area contributed by atoms with Gasteiger partial charge in [0.2, 0.25) is 0 Å². The van der Waals surface area contributed by atoms with Crippen LogP contribution < -0.4 is 11.1 Å². The van der Waals surface area contributed by atoms with Crippen molar-refractivity contribution in [2.45, 2.75) is 26.7 Å². The smallest absolute Gasteiger partial charge is 0.0573 e. The van der Waals surface area contributed by atoms with Gasteiger partial charge in [-0.3, -0.25) is 0 Å². The monoisotopic (exact) mass is 192 g/mol. The zero-order valence-corrected chi connectivity index (χ0v) is 9.09. The highest BCUT2D eigenvalue weighted by Gasteiger charge is 2.01. The van der Waals surface area contributed by atoms with Crippen LogP contribution in [0, 0.1) is 5.92 Å². The first-order valence-corrected chi connectivity index (χ1v) is 5.32. The molecule has 0 saturated carbocycles. The third-order valence-corrected chi connectivity index (χ3v) is 2.38. The number of nitrogens with one attached hydrogen (secondary N) is 1. The van der Waals surface area contributed by atoms with Gasteiger partial charge < -0.3 is 11.1 Å². The number of nitrogen functional groups attached to an aromatic ring is 1. The number of hydrogen-bond acceptors (Lipinski definition) is 2. The molecule has 1 rings (SSSR count). The first-order chi connectivity index (χ1) is 6.74. The van der Waals surface area contributed by atoms with E-state index in [2.05, 4.69) is 19.2 Å². The third kappa shape index (κ3) is 3.29. The molecule has 14 heavy (non-hydrogen) atoms. The molecule has 2 heteroatoms. The van der Waals surface area contributed by atoms with E-state index in [0.29, 0.717) is 5.92 Å². The maximum Gasteiger partial charge on any atom is 0.0573 e. The molecule has 0 heterocycles. The Morgan fingerprint density at radius 2 is 2.07 bits per heavy atom. The van der Waals surface area contributed by atoms with Crippen LogP contribution in [0.1, 0.15) is 26.7 Å². The lowest BCUT2D eigenvalue weighted by Crippen LogP contribution is -2.11. The maximum absolute atomic E-state index is 5.82. The highest BCUT2D eigenvalue weighted by atomic mass is 14.9. The minimum atomic E-state index is 0.708. The van der Waals surface area contributed by atoms with Crippen LogP contribution in [0.5, 0.6) is 0 Å². The Morgan fingerprint density at radius 1 is 1.36 bits per heavy atom. The summed E-state index contributed by atoms with van der Waals surface area (Å²) in [4.78, 5) is 0. The molecule has 3 N–H and O–H groups in total. The summed E-state index contributed by atoms with van der Waals surface area (Å²) in [7, 11) is 0. The quantitative estimate of drug-likeness (QED) is 0.703. The molecule has 0 amide bonds. The van der Waals surface area contributed by atoms with Crippen molar-refractivity contribution < 1.29 is 0 Å². The lowest BCUT2D eigenvalue weighted by molar-refractivity contribution is 0.551. The fourth-order valence-electron chi connectivity index (χ4n) is 1.54. The van der Waals surface area contributed by atoms with Gasteiger partial charge in [-0.2, -0.15) is 0 Å². The van der Waals surface area contributed by atoms with E-state index < -0.39 is 0 Å². The lowest BCUT2D eigenvalue weighted by atomic mass is 10.1. The second-order valence-electron chi connectivity index (χ2n) is 3.86. The number of benzene rings is 1. The molecule has 0 spiro atoms. The van der Waals surface area contributed by atoms with E-state index >= 15 is 0 Å². The highest BCUT2D eigenvalue weighted by Crippen LogP contribution is 2.17. The zero-order valence-electron chi connectivity index (χ0n) is 9.09. The summed E-state index contributed by atoms with van der Waals surface area (Å²) in [5.41, 5.74) is 7.70. The summed E-state index contributed by atoms with van der Waals surface area (Å²) in [6.07, 6.45) is 2.51. The average Bonchev–Trinajstić information content (AvgIpc) is 2.17. The van der Waals surface area contributed by atoms with Crippen LogP contribution in [-0.4, -0.2) is 6.54 Å². The van der Waals surface area contributed by atoms with Crippen molar-refractivity contribution in [2.24, 2.45) is 5.92 Å². The predicted molar refractivity (Wildman–Crippen MR) is 63.4 cm³/mol. The molecular formula is C12H20N2. The van der Waals surface area contributed by atoms with E-state index in [4.69, 9.17) is 5.73 Å². The van der Waals surface area contributed by atoms with E-state index in [1.807, 2.05) is 24.3 Å². The molecule has 1 atom stereocenters. The Balaban J connectivity index is 2.41. The summed E-state index contributed by atoms with van der Waals surface area (Å²) in [6, 6.07) is 7.90. The molecule has 0 aliphatic rings. The van der Waals surface area contributed by atoms with Gasteiger partial charge in [-0.15, -0.1) is 0 Å². The van der Waals surface area contributed by atoms with Crippen molar-refractivity contribution in [1.29, 1.82) is 0 Å². The van der Waals surface area contributed by atoms with Crippen LogP contribution in [-0.2, 0) is 0 Å². The fraction of sp³-hybridized carbons (Fsp3) is 0.500. The first-order valence-electron chi connectivity index (χ1n) is 5.32. The minimum Gasteiger partial charge on any atom is -0.397 e. The molecule has 1 unspecified atom stereocenters. The van der Waals surface area contributed by atoms with Crippen molar-refractivity contribution in [3.63, 3.8) is 0 Å². The second-order valence-corrected chi connectivity index (χ2v) is 3.86. The van der Waals surface area contributed by atoms with Crippen LogP contribution >= 0.6 is 0 Å². The molecule has 0 aliphatic heterocycles. The number of rotatable bonds is 5.